The molecule has 0 nitrogen and oxygen atoms in total. The van der Waals surface area contributed by atoms with Crippen LogP contribution in [0.1, 0.15) is 0 Å². The molecular formula is C2CoFe. The van der Waals surface area contributed by atoms with E-state index in [0.717, 1.165) is 0 Å². The number of rotatable bonds is 0. The fourth-order valence-corrected chi connectivity index (χ4v) is 0. The van der Waals surface area contributed by atoms with Gasteiger partial charge in [-0.2, -0.15) is 0 Å². The second kappa shape index (κ2) is 35.0. The van der Waals surface area contributed by atoms with Crippen molar-refractivity contribution in [3.8, 4) is 0 Å². The minimum absolute atomic E-state index is 0. The van der Waals surface area contributed by atoms with Crippen LogP contribution in [0.3, 0.4) is 0 Å². The van der Waals surface area contributed by atoms with Gasteiger partial charge < -0.3 is 0 Å². The van der Waals surface area contributed by atoms with Gasteiger partial charge in [0.15, 0.2) is 0 Å². The van der Waals surface area contributed by atoms with Gasteiger partial charge >= 0.3 is 0 Å². The largest absolute Gasteiger partial charge is 0 e. The van der Waals surface area contributed by atoms with Crippen LogP contribution in [0.4, 0.5) is 0 Å². The molecule has 0 fully saturated rings. The zero-order valence-corrected chi connectivity index (χ0v) is 3.83. The van der Waals surface area contributed by atoms with Crippen LogP contribution in [0.2, 0.25) is 0 Å². The van der Waals surface area contributed by atoms with E-state index < -0.39 is 0 Å². The molecule has 0 rings (SSSR count). The molecule has 0 N–H and O–H groups in total. The van der Waals surface area contributed by atoms with Crippen molar-refractivity contribution < 1.29 is 33.8 Å². The second-order valence-corrected chi connectivity index (χ2v) is 0. The summed E-state index contributed by atoms with van der Waals surface area (Å²) in [5.74, 6) is 0. The SMILES string of the molecule is [C].[C].[Co].[Fe]. The minimum atomic E-state index is 0. The summed E-state index contributed by atoms with van der Waals surface area (Å²) in [7, 11) is 0. The fourth-order valence-electron chi connectivity index (χ4n) is 0. The Hall–Kier alpha value is 1.03. The summed E-state index contributed by atoms with van der Waals surface area (Å²) in [6.07, 6.45) is 0. The molecule has 4 heavy (non-hydrogen) atoms. The Kier molecular flexibility index (Phi) is 678. The molecule has 0 aliphatic rings. The predicted octanol–water partition coefficient (Wildman–Crippen LogP) is 0.158. The van der Waals surface area contributed by atoms with Crippen LogP contribution in [0.15, 0.2) is 0 Å². The maximum atomic E-state index is 0. The Labute approximate surface area is 49.0 Å². The van der Waals surface area contributed by atoms with E-state index in [4.69, 9.17) is 0 Å². The van der Waals surface area contributed by atoms with Crippen molar-refractivity contribution in [1.82, 2.24) is 0 Å². The molecule has 0 aromatic heterocycles. The molecule has 0 amide bonds. The normalized spacial score (nSPS) is 0. The first kappa shape index (κ1) is 77.4. The molecule has 0 saturated heterocycles. The van der Waals surface area contributed by atoms with E-state index in [1.54, 1.807) is 0 Å². The first-order chi connectivity index (χ1) is 0. The zero-order valence-electron chi connectivity index (χ0n) is 1.69. The molecule has 0 atom stereocenters. The molecule has 9 radical (unpaired) electrons. The molecule has 0 heterocycles. The quantitative estimate of drug-likeness (QED) is 0.419. The average Bonchev–Trinajstić information content (AvgIpc) is 0. The first-order valence-electron chi connectivity index (χ1n) is 0. The Bertz CT molecular complexity index is 6.00. The van der Waals surface area contributed by atoms with Crippen LogP contribution in [0.25, 0.3) is 0 Å². The van der Waals surface area contributed by atoms with Crippen molar-refractivity contribution >= 4 is 0 Å². The molecule has 25 valence electrons. The summed E-state index contributed by atoms with van der Waals surface area (Å²) < 4.78 is 0. The van der Waals surface area contributed by atoms with Gasteiger partial charge in [-0.25, -0.2) is 0 Å². The third kappa shape index (κ3) is 11.8. The van der Waals surface area contributed by atoms with Crippen molar-refractivity contribution in [2.45, 2.75) is 0 Å². The van der Waals surface area contributed by atoms with Crippen molar-refractivity contribution in [3.05, 3.63) is 14.9 Å². The van der Waals surface area contributed by atoms with Crippen LogP contribution < -0.4 is 0 Å². The van der Waals surface area contributed by atoms with E-state index in [-0.39, 0.29) is 48.7 Å². The molecule has 0 bridgehead atoms. The second-order valence-electron chi connectivity index (χ2n) is 0. The van der Waals surface area contributed by atoms with Crippen LogP contribution in [-0.4, -0.2) is 0 Å². The Morgan fingerprint density at radius 1 is 0.750 bits per heavy atom. The number of hydrogen-bond acceptors (Lipinski definition) is 0. The van der Waals surface area contributed by atoms with E-state index >= 15 is 0 Å². The summed E-state index contributed by atoms with van der Waals surface area (Å²) in [6, 6.07) is 0. The Morgan fingerprint density at radius 2 is 0.750 bits per heavy atom. The third-order valence-corrected chi connectivity index (χ3v) is 0. The number of hydrogen-bond donors (Lipinski definition) is 0. The van der Waals surface area contributed by atoms with Crippen LogP contribution in [0, 0.1) is 14.9 Å². The summed E-state index contributed by atoms with van der Waals surface area (Å²) in [6.45, 7) is 0. The molecule has 0 spiro atoms. The average molecular weight is 139 g/mol. The van der Waals surface area contributed by atoms with E-state index in [0.29, 0.717) is 0 Å². The summed E-state index contributed by atoms with van der Waals surface area (Å²) in [4.78, 5) is 0. The van der Waals surface area contributed by atoms with E-state index in [2.05, 4.69) is 0 Å². The van der Waals surface area contributed by atoms with Gasteiger partial charge in [-0.05, 0) is 0 Å². The summed E-state index contributed by atoms with van der Waals surface area (Å²) >= 11 is 0. The topological polar surface area (TPSA) is 0 Å². The molecule has 0 aromatic rings. The van der Waals surface area contributed by atoms with Gasteiger partial charge in [-0.15, -0.1) is 0 Å². The van der Waals surface area contributed by atoms with Gasteiger partial charge in [0.05, 0.1) is 0 Å². The first-order valence-corrected chi connectivity index (χ1v) is 0. The smallest absolute Gasteiger partial charge is 0 e. The fraction of sp³-hybridized carbons (Fsp3) is 0. The predicted molar refractivity (Wildman–Crippen MR) is 6.49 cm³/mol. The van der Waals surface area contributed by atoms with Crippen molar-refractivity contribution in [2.24, 2.45) is 0 Å². The summed E-state index contributed by atoms with van der Waals surface area (Å²) in [5.41, 5.74) is 0. The monoisotopic (exact) mass is 139 g/mol. The van der Waals surface area contributed by atoms with Crippen molar-refractivity contribution in [3.63, 3.8) is 0 Å². The molecule has 0 unspecified atom stereocenters. The van der Waals surface area contributed by atoms with E-state index in [1.165, 1.54) is 0 Å². The molecule has 2 heteroatoms. The molecule has 0 saturated carbocycles. The molecule has 0 aromatic carbocycles. The van der Waals surface area contributed by atoms with Gasteiger partial charge in [0.25, 0.3) is 0 Å². The van der Waals surface area contributed by atoms with Gasteiger partial charge in [-0.1, -0.05) is 0 Å². The standard InChI is InChI=1S/2C.Co.Fe. The van der Waals surface area contributed by atoms with E-state index in [1.807, 2.05) is 0 Å². The third-order valence-electron chi connectivity index (χ3n) is 0. The molecule has 0 aliphatic carbocycles. The van der Waals surface area contributed by atoms with Gasteiger partial charge in [0, 0.05) is 48.7 Å². The molecule has 0 aliphatic heterocycles. The van der Waals surface area contributed by atoms with E-state index in [9.17, 15) is 0 Å². The maximum absolute atomic E-state index is 0. The van der Waals surface area contributed by atoms with Gasteiger partial charge in [0.1, 0.15) is 0 Å². The van der Waals surface area contributed by atoms with Gasteiger partial charge in [0.2, 0.25) is 0 Å². The van der Waals surface area contributed by atoms with Gasteiger partial charge in [-0.3, -0.25) is 0 Å². The zero-order chi connectivity index (χ0) is 0. The summed E-state index contributed by atoms with van der Waals surface area (Å²) in [5, 5.41) is 0. The Morgan fingerprint density at radius 3 is 0.750 bits per heavy atom. The van der Waals surface area contributed by atoms with Crippen molar-refractivity contribution in [1.29, 1.82) is 0 Å². The minimum Gasteiger partial charge on any atom is 0 e. The van der Waals surface area contributed by atoms with Crippen LogP contribution >= 0.6 is 0 Å². The Balaban J connectivity index is 0. The molecular weight excluding hydrogens is 139 g/mol. The maximum Gasteiger partial charge on any atom is 0 e. The van der Waals surface area contributed by atoms with Crippen molar-refractivity contribution in [2.75, 3.05) is 0 Å². The van der Waals surface area contributed by atoms with Crippen LogP contribution in [-0.2, 0) is 33.8 Å². The van der Waals surface area contributed by atoms with Crippen LogP contribution in [0.5, 0.6) is 0 Å².